The van der Waals surface area contributed by atoms with Crippen molar-refractivity contribution in [2.24, 2.45) is 17.3 Å². The fraction of sp³-hybridized carbons (Fsp3) is 0.882. The summed E-state index contributed by atoms with van der Waals surface area (Å²) in [5.74, 6) is -1.12. The van der Waals surface area contributed by atoms with Crippen LogP contribution in [0.25, 0.3) is 0 Å². The summed E-state index contributed by atoms with van der Waals surface area (Å²) in [5.41, 5.74) is -2.84. The number of carbonyl (C=O) groups excluding carboxylic acids is 2. The number of fused-ring (bicyclic) bond motifs is 1. The van der Waals surface area contributed by atoms with Gasteiger partial charge in [0.2, 0.25) is 0 Å². The highest BCUT2D eigenvalue weighted by atomic mass is 16.5. The molecule has 0 bridgehead atoms. The van der Waals surface area contributed by atoms with Crippen LogP contribution in [0.1, 0.15) is 60.3 Å². The van der Waals surface area contributed by atoms with Crippen molar-refractivity contribution in [1.29, 1.82) is 0 Å². The van der Waals surface area contributed by atoms with E-state index in [2.05, 4.69) is 0 Å². The SMILES string of the molecule is CC(=O)O[C@@H]1[C@H](C(C)(C)O)CC[C@@]2(C)C(=O)CC[C@](C)(O)[C@H]12. The molecule has 0 aromatic heterocycles. The van der Waals surface area contributed by atoms with Gasteiger partial charge in [0, 0.05) is 30.6 Å². The average Bonchev–Trinajstić information content (AvgIpc) is 2.32. The third-order valence-electron chi connectivity index (χ3n) is 5.76. The molecule has 5 atom stereocenters. The molecule has 2 fully saturated rings. The molecule has 5 nitrogen and oxygen atoms in total. The summed E-state index contributed by atoms with van der Waals surface area (Å²) in [6.07, 6.45) is 1.24. The number of Topliss-reactive ketones (excluding diaryl/α,β-unsaturated/α-hetero) is 1. The van der Waals surface area contributed by atoms with Crippen LogP contribution in [0.2, 0.25) is 0 Å². The highest BCUT2D eigenvalue weighted by molar-refractivity contribution is 5.86. The van der Waals surface area contributed by atoms with E-state index in [1.165, 1.54) is 6.92 Å². The normalized spacial score (nSPS) is 42.7. The van der Waals surface area contributed by atoms with E-state index in [-0.39, 0.29) is 11.7 Å². The Labute approximate surface area is 132 Å². The van der Waals surface area contributed by atoms with Crippen LogP contribution >= 0.6 is 0 Å². The molecule has 22 heavy (non-hydrogen) atoms. The Kier molecular flexibility index (Phi) is 4.20. The van der Waals surface area contributed by atoms with Gasteiger partial charge in [-0.25, -0.2) is 0 Å². The molecule has 2 aliphatic carbocycles. The van der Waals surface area contributed by atoms with Crippen molar-refractivity contribution in [3.05, 3.63) is 0 Å². The van der Waals surface area contributed by atoms with Crippen molar-refractivity contribution in [3.8, 4) is 0 Å². The van der Waals surface area contributed by atoms with Crippen LogP contribution in [-0.2, 0) is 14.3 Å². The quantitative estimate of drug-likeness (QED) is 0.760. The Morgan fingerprint density at radius 2 is 1.91 bits per heavy atom. The highest BCUT2D eigenvalue weighted by Crippen LogP contribution is 2.56. The van der Waals surface area contributed by atoms with Gasteiger partial charge >= 0.3 is 5.97 Å². The number of esters is 1. The van der Waals surface area contributed by atoms with Crippen LogP contribution < -0.4 is 0 Å². The Morgan fingerprint density at radius 1 is 1.32 bits per heavy atom. The second-order valence-electron chi connectivity index (χ2n) is 8.05. The van der Waals surface area contributed by atoms with Gasteiger partial charge in [-0.2, -0.15) is 0 Å². The third-order valence-corrected chi connectivity index (χ3v) is 5.76. The van der Waals surface area contributed by atoms with Crippen LogP contribution in [0.4, 0.5) is 0 Å². The Hall–Kier alpha value is -0.940. The maximum absolute atomic E-state index is 12.5. The number of ether oxygens (including phenoxy) is 1. The van der Waals surface area contributed by atoms with E-state index in [4.69, 9.17) is 4.74 Å². The minimum Gasteiger partial charge on any atom is -0.462 e. The van der Waals surface area contributed by atoms with Crippen LogP contribution in [-0.4, -0.2) is 39.3 Å². The first-order valence-corrected chi connectivity index (χ1v) is 8.05. The van der Waals surface area contributed by atoms with Crippen molar-refractivity contribution in [3.63, 3.8) is 0 Å². The standard InChI is InChI=1S/C17H28O5/c1-10(18)22-13-11(15(2,3)20)6-8-16(4)12(19)7-9-17(5,21)14(13)16/h11,13-14,20-21H,6-9H2,1-5H3/t11-,13-,14-,16+,17+/m1/s1. The summed E-state index contributed by atoms with van der Waals surface area (Å²) < 4.78 is 5.54. The first-order valence-electron chi connectivity index (χ1n) is 8.05. The van der Waals surface area contributed by atoms with Crippen LogP contribution in [0, 0.1) is 17.3 Å². The smallest absolute Gasteiger partial charge is 0.302 e. The van der Waals surface area contributed by atoms with Crippen LogP contribution in [0.15, 0.2) is 0 Å². The van der Waals surface area contributed by atoms with E-state index < -0.39 is 34.6 Å². The average molecular weight is 312 g/mol. The summed E-state index contributed by atoms with van der Waals surface area (Å²) in [6.45, 7) is 8.29. The minimum absolute atomic E-state index is 0.121. The van der Waals surface area contributed by atoms with Gasteiger partial charge in [-0.1, -0.05) is 6.92 Å². The van der Waals surface area contributed by atoms with Crippen molar-refractivity contribution in [2.75, 3.05) is 0 Å². The molecule has 2 saturated carbocycles. The van der Waals surface area contributed by atoms with Gasteiger partial charge in [0.05, 0.1) is 11.2 Å². The fourth-order valence-corrected chi connectivity index (χ4v) is 4.63. The van der Waals surface area contributed by atoms with Gasteiger partial charge in [-0.05, 0) is 40.0 Å². The lowest BCUT2D eigenvalue weighted by Crippen LogP contribution is -2.64. The van der Waals surface area contributed by atoms with Gasteiger partial charge in [-0.3, -0.25) is 9.59 Å². The third kappa shape index (κ3) is 2.81. The zero-order valence-corrected chi connectivity index (χ0v) is 14.2. The molecular formula is C17H28O5. The number of aliphatic hydroxyl groups is 2. The Bertz CT molecular complexity index is 476. The first-order chi connectivity index (χ1) is 9.89. The van der Waals surface area contributed by atoms with Gasteiger partial charge in [0.15, 0.2) is 0 Å². The van der Waals surface area contributed by atoms with Gasteiger partial charge in [0.1, 0.15) is 11.9 Å². The Morgan fingerprint density at radius 3 is 2.41 bits per heavy atom. The van der Waals surface area contributed by atoms with Crippen molar-refractivity contribution < 1.29 is 24.5 Å². The molecule has 0 aromatic carbocycles. The summed E-state index contributed by atoms with van der Waals surface area (Å²) in [6, 6.07) is 0. The topological polar surface area (TPSA) is 83.8 Å². The van der Waals surface area contributed by atoms with Crippen LogP contribution in [0.3, 0.4) is 0 Å². The zero-order chi connectivity index (χ0) is 16.9. The number of carbonyl (C=O) groups is 2. The number of rotatable bonds is 2. The van der Waals surface area contributed by atoms with Crippen molar-refractivity contribution in [2.45, 2.75) is 77.6 Å². The molecule has 2 rings (SSSR count). The molecule has 0 radical (unpaired) electrons. The number of ketones is 1. The van der Waals surface area contributed by atoms with Crippen molar-refractivity contribution >= 4 is 11.8 Å². The monoisotopic (exact) mass is 312 g/mol. The molecule has 126 valence electrons. The zero-order valence-electron chi connectivity index (χ0n) is 14.2. The van der Waals surface area contributed by atoms with E-state index in [9.17, 15) is 19.8 Å². The van der Waals surface area contributed by atoms with Gasteiger partial charge in [0.25, 0.3) is 0 Å². The van der Waals surface area contributed by atoms with E-state index >= 15 is 0 Å². The molecule has 2 N–H and O–H groups in total. The highest BCUT2D eigenvalue weighted by Gasteiger charge is 2.62. The summed E-state index contributed by atoms with van der Waals surface area (Å²) >= 11 is 0. The molecule has 5 heteroatoms. The van der Waals surface area contributed by atoms with E-state index in [1.807, 2.05) is 6.92 Å². The first kappa shape index (κ1) is 17.4. The Balaban J connectivity index is 2.50. The predicted octanol–water partition coefficient (Wildman–Crippen LogP) is 1.84. The molecule has 0 aliphatic heterocycles. The summed E-state index contributed by atoms with van der Waals surface area (Å²) in [4.78, 5) is 24.1. The van der Waals surface area contributed by atoms with Gasteiger partial charge < -0.3 is 14.9 Å². The second-order valence-corrected chi connectivity index (χ2v) is 8.05. The van der Waals surface area contributed by atoms with Crippen molar-refractivity contribution in [1.82, 2.24) is 0 Å². The summed E-state index contributed by atoms with van der Waals surface area (Å²) in [5, 5.41) is 21.4. The van der Waals surface area contributed by atoms with Crippen LogP contribution in [0.5, 0.6) is 0 Å². The molecule has 2 aliphatic rings. The lowest BCUT2D eigenvalue weighted by Gasteiger charge is -2.57. The van der Waals surface area contributed by atoms with E-state index in [0.29, 0.717) is 25.7 Å². The largest absolute Gasteiger partial charge is 0.462 e. The predicted molar refractivity (Wildman–Crippen MR) is 81.0 cm³/mol. The molecule has 0 amide bonds. The van der Waals surface area contributed by atoms with E-state index in [0.717, 1.165) is 0 Å². The lowest BCUT2D eigenvalue weighted by atomic mass is 9.50. The lowest BCUT2D eigenvalue weighted by molar-refractivity contribution is -0.215. The molecule has 0 heterocycles. The van der Waals surface area contributed by atoms with Gasteiger partial charge in [-0.15, -0.1) is 0 Å². The molecular weight excluding hydrogens is 284 g/mol. The number of hydrogen-bond donors (Lipinski definition) is 2. The maximum Gasteiger partial charge on any atom is 0.302 e. The minimum atomic E-state index is -1.09. The number of hydrogen-bond acceptors (Lipinski definition) is 5. The van der Waals surface area contributed by atoms with E-state index in [1.54, 1.807) is 20.8 Å². The molecule has 0 unspecified atom stereocenters. The molecule has 0 spiro atoms. The molecule has 0 saturated heterocycles. The summed E-state index contributed by atoms with van der Waals surface area (Å²) in [7, 11) is 0. The fourth-order valence-electron chi connectivity index (χ4n) is 4.63. The second kappa shape index (κ2) is 5.31. The molecule has 0 aromatic rings. The maximum atomic E-state index is 12.5.